The molecule has 2 aliphatic rings. The maximum Gasteiger partial charge on any atom is 0.243 e. The van der Waals surface area contributed by atoms with Crippen LogP contribution in [0.25, 0.3) is 0 Å². The van der Waals surface area contributed by atoms with Gasteiger partial charge in [-0.1, -0.05) is 25.0 Å². The topological polar surface area (TPSA) is 44.8 Å². The molecule has 6 heteroatoms. The van der Waals surface area contributed by atoms with Gasteiger partial charge in [0.2, 0.25) is 5.91 Å². The van der Waals surface area contributed by atoms with Gasteiger partial charge >= 0.3 is 0 Å². The standard InChI is InChI=1S/C22H34FN3O2/c1-2-28-24-22(27)17-19-9-7-18(8-10-19)11-12-25-13-15-26(16-14-25)21-6-4-3-5-20(21)23/h3-6,18-19H,2,7-17H2,1H3,(H,24,27). The maximum atomic E-state index is 13.9. The number of benzene rings is 1. The average molecular weight is 392 g/mol. The molecule has 1 N–H and O–H groups in total. The number of halogens is 1. The Balaban J connectivity index is 1.31. The third-order valence-electron chi connectivity index (χ3n) is 6.19. The van der Waals surface area contributed by atoms with Gasteiger partial charge in [-0.3, -0.25) is 14.5 Å². The minimum absolute atomic E-state index is 0.0121. The first-order valence-corrected chi connectivity index (χ1v) is 10.8. The highest BCUT2D eigenvalue weighted by atomic mass is 19.1. The van der Waals surface area contributed by atoms with Gasteiger partial charge in [0, 0.05) is 32.6 Å². The van der Waals surface area contributed by atoms with E-state index in [2.05, 4.69) is 15.3 Å². The van der Waals surface area contributed by atoms with Gasteiger partial charge < -0.3 is 4.90 Å². The Hall–Kier alpha value is -1.66. The van der Waals surface area contributed by atoms with E-state index in [0.29, 0.717) is 18.9 Å². The van der Waals surface area contributed by atoms with E-state index in [4.69, 9.17) is 4.84 Å². The summed E-state index contributed by atoms with van der Waals surface area (Å²) in [5, 5.41) is 0. The third-order valence-corrected chi connectivity index (χ3v) is 6.19. The van der Waals surface area contributed by atoms with Crippen LogP contribution in [0.4, 0.5) is 10.1 Å². The van der Waals surface area contributed by atoms with Crippen molar-refractivity contribution in [3.05, 3.63) is 30.1 Å². The molecular weight excluding hydrogens is 357 g/mol. The normalized spacial score (nSPS) is 23.6. The minimum Gasteiger partial charge on any atom is -0.367 e. The molecule has 5 nitrogen and oxygen atoms in total. The fraction of sp³-hybridized carbons (Fsp3) is 0.682. The van der Waals surface area contributed by atoms with Gasteiger partial charge in [-0.25, -0.2) is 9.87 Å². The van der Waals surface area contributed by atoms with Crippen LogP contribution in [0.1, 0.15) is 45.4 Å². The molecular formula is C22H34FN3O2. The zero-order valence-electron chi connectivity index (χ0n) is 17.0. The molecule has 0 aromatic heterocycles. The van der Waals surface area contributed by atoms with E-state index in [1.54, 1.807) is 12.1 Å². The number of amides is 1. The van der Waals surface area contributed by atoms with Crippen molar-refractivity contribution < 1.29 is 14.0 Å². The summed E-state index contributed by atoms with van der Waals surface area (Å²) in [6.45, 7) is 7.29. The molecule has 28 heavy (non-hydrogen) atoms. The van der Waals surface area contributed by atoms with E-state index in [9.17, 15) is 9.18 Å². The number of hydrogen-bond acceptors (Lipinski definition) is 4. The fourth-order valence-electron chi connectivity index (χ4n) is 4.47. The lowest BCUT2D eigenvalue weighted by Gasteiger charge is -2.37. The monoisotopic (exact) mass is 391 g/mol. The number of carbonyl (C=O) groups is 1. The first-order chi connectivity index (χ1) is 13.7. The molecule has 0 radical (unpaired) electrons. The van der Waals surface area contributed by atoms with Crippen molar-refractivity contribution in [1.29, 1.82) is 0 Å². The smallest absolute Gasteiger partial charge is 0.243 e. The molecule has 156 valence electrons. The van der Waals surface area contributed by atoms with Gasteiger partial charge in [0.15, 0.2) is 0 Å². The van der Waals surface area contributed by atoms with Crippen molar-refractivity contribution in [2.24, 2.45) is 11.8 Å². The highest BCUT2D eigenvalue weighted by Gasteiger charge is 2.25. The molecule has 0 spiro atoms. The van der Waals surface area contributed by atoms with Crippen LogP contribution < -0.4 is 10.4 Å². The predicted molar refractivity (Wildman–Crippen MR) is 110 cm³/mol. The average Bonchev–Trinajstić information content (AvgIpc) is 2.72. The summed E-state index contributed by atoms with van der Waals surface area (Å²) >= 11 is 0. The lowest BCUT2D eigenvalue weighted by Crippen LogP contribution is -2.47. The van der Waals surface area contributed by atoms with Crippen LogP contribution in [0.15, 0.2) is 24.3 Å². The quantitative estimate of drug-likeness (QED) is 0.688. The number of hydrogen-bond donors (Lipinski definition) is 1. The first-order valence-electron chi connectivity index (χ1n) is 10.8. The summed E-state index contributed by atoms with van der Waals surface area (Å²) in [4.78, 5) is 21.4. The summed E-state index contributed by atoms with van der Waals surface area (Å²) in [6.07, 6.45) is 6.56. The molecule has 0 atom stereocenters. The number of hydroxylamine groups is 1. The van der Waals surface area contributed by atoms with E-state index in [0.717, 1.165) is 57.2 Å². The van der Waals surface area contributed by atoms with E-state index in [1.807, 2.05) is 19.1 Å². The van der Waals surface area contributed by atoms with Crippen molar-refractivity contribution in [2.75, 3.05) is 44.2 Å². The number of carbonyl (C=O) groups excluding carboxylic acids is 1. The van der Waals surface area contributed by atoms with Crippen molar-refractivity contribution in [3.8, 4) is 0 Å². The fourth-order valence-corrected chi connectivity index (χ4v) is 4.47. The SMILES string of the molecule is CCONC(=O)CC1CCC(CCN2CCN(c3ccccc3F)CC2)CC1. The lowest BCUT2D eigenvalue weighted by molar-refractivity contribution is -0.134. The second-order valence-electron chi connectivity index (χ2n) is 8.12. The summed E-state index contributed by atoms with van der Waals surface area (Å²) < 4.78 is 13.9. The molecule has 1 saturated heterocycles. The number of nitrogens with zero attached hydrogens (tertiary/aromatic N) is 2. The molecule has 3 rings (SSSR count). The van der Waals surface area contributed by atoms with E-state index in [1.165, 1.54) is 19.3 Å². The van der Waals surface area contributed by atoms with Crippen LogP contribution in [0.3, 0.4) is 0 Å². The molecule has 1 saturated carbocycles. The molecule has 1 aliphatic heterocycles. The maximum absolute atomic E-state index is 13.9. The van der Waals surface area contributed by atoms with Crippen LogP contribution in [0.2, 0.25) is 0 Å². The summed E-state index contributed by atoms with van der Waals surface area (Å²) in [7, 11) is 0. The molecule has 1 aliphatic carbocycles. The van der Waals surface area contributed by atoms with Crippen LogP contribution in [0.5, 0.6) is 0 Å². The zero-order chi connectivity index (χ0) is 19.8. The van der Waals surface area contributed by atoms with Gasteiger partial charge in [-0.2, -0.15) is 0 Å². The second kappa shape index (κ2) is 10.8. The zero-order valence-corrected chi connectivity index (χ0v) is 17.0. The Labute approximate surface area is 168 Å². The predicted octanol–water partition coefficient (Wildman–Crippen LogP) is 3.60. The highest BCUT2D eigenvalue weighted by Crippen LogP contribution is 2.32. The van der Waals surface area contributed by atoms with Gasteiger partial charge in [0.1, 0.15) is 5.82 Å². The van der Waals surface area contributed by atoms with E-state index < -0.39 is 0 Å². The second-order valence-corrected chi connectivity index (χ2v) is 8.12. The Bertz CT molecular complexity index is 612. The lowest BCUT2D eigenvalue weighted by atomic mass is 9.79. The third kappa shape index (κ3) is 6.17. The van der Waals surface area contributed by atoms with Gasteiger partial charge in [-0.15, -0.1) is 0 Å². The van der Waals surface area contributed by atoms with Crippen LogP contribution >= 0.6 is 0 Å². The summed E-state index contributed by atoms with van der Waals surface area (Å²) in [6, 6.07) is 7.06. The molecule has 1 aromatic rings. The van der Waals surface area contributed by atoms with Crippen molar-refractivity contribution >= 4 is 11.6 Å². The Morgan fingerprint density at radius 1 is 1.11 bits per heavy atom. The minimum atomic E-state index is -0.123. The molecule has 0 bridgehead atoms. The summed E-state index contributed by atoms with van der Waals surface area (Å²) in [5.41, 5.74) is 3.24. The van der Waals surface area contributed by atoms with Crippen LogP contribution in [-0.4, -0.2) is 50.1 Å². The number of nitrogens with one attached hydrogen (secondary N) is 1. The Morgan fingerprint density at radius 2 is 1.79 bits per heavy atom. The molecule has 1 aromatic carbocycles. The molecule has 1 heterocycles. The van der Waals surface area contributed by atoms with Crippen molar-refractivity contribution in [1.82, 2.24) is 10.4 Å². The van der Waals surface area contributed by atoms with E-state index in [-0.39, 0.29) is 11.7 Å². The van der Waals surface area contributed by atoms with Gasteiger partial charge in [-0.05, 0) is 56.7 Å². The molecule has 2 fully saturated rings. The van der Waals surface area contributed by atoms with E-state index >= 15 is 0 Å². The summed E-state index contributed by atoms with van der Waals surface area (Å²) in [5.74, 6) is 1.16. The van der Waals surface area contributed by atoms with Crippen molar-refractivity contribution in [2.45, 2.75) is 45.4 Å². The van der Waals surface area contributed by atoms with Gasteiger partial charge in [0.25, 0.3) is 0 Å². The Kier molecular flexibility index (Phi) is 8.10. The number of para-hydroxylation sites is 1. The first kappa shape index (κ1) is 21.1. The van der Waals surface area contributed by atoms with Gasteiger partial charge in [0.05, 0.1) is 12.3 Å². The Morgan fingerprint density at radius 3 is 2.46 bits per heavy atom. The van der Waals surface area contributed by atoms with Crippen LogP contribution in [0, 0.1) is 17.7 Å². The largest absolute Gasteiger partial charge is 0.367 e. The number of piperazine rings is 1. The molecule has 0 unspecified atom stereocenters. The highest BCUT2D eigenvalue weighted by molar-refractivity contribution is 5.75. The number of anilines is 1. The van der Waals surface area contributed by atoms with Crippen molar-refractivity contribution in [3.63, 3.8) is 0 Å². The number of rotatable bonds is 8. The molecule has 1 amide bonds. The van der Waals surface area contributed by atoms with Crippen LogP contribution in [-0.2, 0) is 9.63 Å².